The molecule has 1 aliphatic heterocycles. The molecular weight excluding hydrogens is 473 g/mol. The fraction of sp³-hybridized carbons (Fsp3) is 0.208. The van der Waals surface area contributed by atoms with E-state index < -0.39 is 24.6 Å². The van der Waals surface area contributed by atoms with Gasteiger partial charge in [0.15, 0.2) is 29.4 Å². The van der Waals surface area contributed by atoms with Crippen LogP contribution in [0.25, 0.3) is 11.2 Å². The van der Waals surface area contributed by atoms with Gasteiger partial charge in [0.25, 0.3) is 5.91 Å². The number of anilines is 1. The molecule has 1 fully saturated rings. The highest BCUT2D eigenvalue weighted by Gasteiger charge is 2.46. The lowest BCUT2D eigenvalue weighted by Crippen LogP contribution is -2.30. The molecule has 5 rings (SSSR count). The molecular formula is C24H20FN5O4S. The molecule has 0 saturated carbocycles. The second-order valence-electron chi connectivity index (χ2n) is 7.83. The van der Waals surface area contributed by atoms with Gasteiger partial charge in [0.2, 0.25) is 5.12 Å². The van der Waals surface area contributed by atoms with E-state index in [1.54, 1.807) is 60.7 Å². The van der Waals surface area contributed by atoms with E-state index in [0.717, 1.165) is 11.8 Å². The highest BCUT2D eigenvalue weighted by Crippen LogP contribution is 2.35. The average Bonchev–Trinajstić information content (AvgIpc) is 3.45. The van der Waals surface area contributed by atoms with Crippen LogP contribution in [0.3, 0.4) is 0 Å². The smallest absolute Gasteiger partial charge is 0.256 e. The molecule has 0 bridgehead atoms. The van der Waals surface area contributed by atoms with Gasteiger partial charge in [-0.3, -0.25) is 14.2 Å². The number of aliphatic hydroxyl groups excluding tert-OH is 1. The van der Waals surface area contributed by atoms with Crippen molar-refractivity contribution in [3.63, 3.8) is 0 Å². The molecule has 4 aromatic rings. The van der Waals surface area contributed by atoms with Crippen molar-refractivity contribution >= 4 is 39.8 Å². The van der Waals surface area contributed by atoms with E-state index in [9.17, 15) is 14.7 Å². The molecule has 3 heterocycles. The number of alkyl halides is 1. The molecule has 0 spiro atoms. The minimum absolute atomic E-state index is 0.0752. The highest BCUT2D eigenvalue weighted by molar-refractivity contribution is 8.14. The van der Waals surface area contributed by atoms with Crippen molar-refractivity contribution in [2.75, 3.05) is 11.1 Å². The first-order valence-corrected chi connectivity index (χ1v) is 11.7. The van der Waals surface area contributed by atoms with E-state index in [-0.39, 0.29) is 33.8 Å². The topological polar surface area (TPSA) is 119 Å². The SMILES string of the molecule is O=C(Nc1ncnc2c1ncn2[C@@H]1O[C@H](CSC(=O)c2ccccc2)[C@H](O)[C@H]1F)c1ccccc1. The van der Waals surface area contributed by atoms with Crippen LogP contribution in [0.1, 0.15) is 26.9 Å². The first-order valence-electron chi connectivity index (χ1n) is 10.8. The predicted octanol–water partition coefficient (Wildman–Crippen LogP) is 3.25. The predicted molar refractivity (Wildman–Crippen MR) is 128 cm³/mol. The van der Waals surface area contributed by atoms with E-state index in [0.29, 0.717) is 11.1 Å². The number of benzene rings is 2. The van der Waals surface area contributed by atoms with Crippen LogP contribution in [0.5, 0.6) is 0 Å². The Labute approximate surface area is 203 Å². The van der Waals surface area contributed by atoms with E-state index in [4.69, 9.17) is 4.74 Å². The maximum atomic E-state index is 15.1. The summed E-state index contributed by atoms with van der Waals surface area (Å²) in [5, 5.41) is 12.9. The normalized spacial score (nSPS) is 21.8. The number of amides is 1. The lowest BCUT2D eigenvalue weighted by molar-refractivity contribution is -0.0116. The zero-order valence-corrected chi connectivity index (χ0v) is 19.0. The van der Waals surface area contributed by atoms with Crippen molar-refractivity contribution in [2.45, 2.75) is 24.6 Å². The Hall–Kier alpha value is -3.67. The summed E-state index contributed by atoms with van der Waals surface area (Å²) in [4.78, 5) is 37.4. The number of aliphatic hydroxyl groups is 1. The fourth-order valence-electron chi connectivity index (χ4n) is 3.78. The number of nitrogens with one attached hydrogen (secondary N) is 1. The van der Waals surface area contributed by atoms with Gasteiger partial charge in [0, 0.05) is 16.9 Å². The quantitative estimate of drug-likeness (QED) is 0.420. The van der Waals surface area contributed by atoms with Crippen molar-refractivity contribution in [3.8, 4) is 0 Å². The summed E-state index contributed by atoms with van der Waals surface area (Å²) in [7, 11) is 0. The minimum atomic E-state index is -1.78. The third kappa shape index (κ3) is 4.65. The molecule has 178 valence electrons. The molecule has 2 N–H and O–H groups in total. The number of nitrogens with zero attached hydrogens (tertiary/aromatic N) is 4. The molecule has 2 aromatic carbocycles. The molecule has 0 aliphatic carbocycles. The molecule has 1 saturated heterocycles. The van der Waals surface area contributed by atoms with Crippen molar-refractivity contribution < 1.29 is 23.8 Å². The van der Waals surface area contributed by atoms with Crippen molar-refractivity contribution in [3.05, 3.63) is 84.4 Å². The summed E-state index contributed by atoms with van der Waals surface area (Å²) in [6.45, 7) is 0. The molecule has 0 unspecified atom stereocenters. The summed E-state index contributed by atoms with van der Waals surface area (Å²) >= 11 is 0.954. The number of halogens is 1. The van der Waals surface area contributed by atoms with Crippen LogP contribution in [0.4, 0.5) is 10.2 Å². The van der Waals surface area contributed by atoms with Gasteiger partial charge in [-0.2, -0.15) is 0 Å². The summed E-state index contributed by atoms with van der Waals surface area (Å²) in [6, 6.07) is 17.3. The number of carbonyl (C=O) groups excluding carboxylic acids is 2. The Morgan fingerprint density at radius 3 is 2.43 bits per heavy atom. The van der Waals surface area contributed by atoms with E-state index >= 15 is 4.39 Å². The van der Waals surface area contributed by atoms with E-state index in [1.165, 1.54) is 17.2 Å². The van der Waals surface area contributed by atoms with Crippen LogP contribution in [-0.4, -0.2) is 59.8 Å². The van der Waals surface area contributed by atoms with Crippen molar-refractivity contribution in [1.82, 2.24) is 19.5 Å². The number of hydrogen-bond donors (Lipinski definition) is 2. The Balaban J connectivity index is 1.32. The summed E-state index contributed by atoms with van der Waals surface area (Å²) < 4.78 is 22.2. The number of ether oxygens (including phenoxy) is 1. The zero-order chi connectivity index (χ0) is 24.4. The number of hydrogen-bond acceptors (Lipinski definition) is 8. The largest absolute Gasteiger partial charge is 0.387 e. The molecule has 1 amide bonds. The Morgan fingerprint density at radius 2 is 1.71 bits per heavy atom. The monoisotopic (exact) mass is 493 g/mol. The summed E-state index contributed by atoms with van der Waals surface area (Å²) in [5.41, 5.74) is 1.44. The maximum Gasteiger partial charge on any atom is 0.256 e. The molecule has 11 heteroatoms. The van der Waals surface area contributed by atoms with E-state index in [1.807, 2.05) is 0 Å². The van der Waals surface area contributed by atoms with Gasteiger partial charge in [0.1, 0.15) is 12.4 Å². The second kappa shape index (κ2) is 9.90. The minimum Gasteiger partial charge on any atom is -0.387 e. The molecule has 2 aromatic heterocycles. The standard InChI is InChI=1S/C24H20FN5O4S/c25-17-19(31)16(11-35-24(33)15-9-5-2-6-10-15)34-23(17)30-13-28-18-20(26-12-27-21(18)30)29-22(32)14-7-3-1-4-8-14/h1-10,12-13,16-17,19,23,31H,11H2,(H,26,27,29,32)/t16-,17-,19+,23-/m1/s1. The van der Waals surface area contributed by atoms with Crippen molar-refractivity contribution in [2.24, 2.45) is 0 Å². The van der Waals surface area contributed by atoms with Crippen LogP contribution in [0, 0.1) is 0 Å². The van der Waals surface area contributed by atoms with Gasteiger partial charge in [-0.05, 0) is 12.1 Å². The number of fused-ring (bicyclic) bond motifs is 1. The van der Waals surface area contributed by atoms with Crippen LogP contribution >= 0.6 is 11.8 Å². The summed E-state index contributed by atoms with van der Waals surface area (Å²) in [6.07, 6.45) is -2.78. The number of carbonyl (C=O) groups is 2. The van der Waals surface area contributed by atoms with E-state index in [2.05, 4.69) is 20.3 Å². The number of aromatic nitrogens is 4. The van der Waals surface area contributed by atoms with Crippen molar-refractivity contribution in [1.29, 1.82) is 0 Å². The molecule has 1 aliphatic rings. The Morgan fingerprint density at radius 1 is 1.03 bits per heavy atom. The van der Waals surface area contributed by atoms with Crippen LogP contribution in [0.2, 0.25) is 0 Å². The van der Waals surface area contributed by atoms with Gasteiger partial charge in [-0.25, -0.2) is 19.3 Å². The lowest BCUT2D eigenvalue weighted by atomic mass is 10.2. The first kappa shape index (κ1) is 23.1. The van der Waals surface area contributed by atoms with Gasteiger partial charge in [-0.15, -0.1) is 0 Å². The third-order valence-corrected chi connectivity index (χ3v) is 6.58. The highest BCUT2D eigenvalue weighted by atomic mass is 32.2. The third-order valence-electron chi connectivity index (χ3n) is 5.58. The molecule has 0 radical (unpaired) electrons. The number of rotatable bonds is 6. The fourth-order valence-corrected chi connectivity index (χ4v) is 4.67. The second-order valence-corrected chi connectivity index (χ2v) is 8.82. The number of imidazole rings is 1. The van der Waals surface area contributed by atoms with Gasteiger partial charge < -0.3 is 15.2 Å². The van der Waals surface area contributed by atoms with Gasteiger partial charge in [-0.1, -0.05) is 60.3 Å². The van der Waals surface area contributed by atoms with Crippen LogP contribution in [0.15, 0.2) is 73.3 Å². The molecule has 4 atom stereocenters. The first-order chi connectivity index (χ1) is 17.0. The Bertz CT molecular complexity index is 1350. The summed E-state index contributed by atoms with van der Waals surface area (Å²) in [5.74, 6) is -0.139. The van der Waals surface area contributed by atoms with Crippen LogP contribution < -0.4 is 5.32 Å². The Kier molecular flexibility index (Phi) is 6.53. The van der Waals surface area contributed by atoms with Gasteiger partial charge in [0.05, 0.1) is 12.4 Å². The molecule has 9 nitrogen and oxygen atoms in total. The maximum absolute atomic E-state index is 15.1. The van der Waals surface area contributed by atoms with Crippen LogP contribution in [-0.2, 0) is 4.74 Å². The average molecular weight is 494 g/mol. The lowest BCUT2D eigenvalue weighted by Gasteiger charge is -2.15. The zero-order valence-electron chi connectivity index (χ0n) is 18.2. The van der Waals surface area contributed by atoms with Gasteiger partial charge >= 0.3 is 0 Å². The molecule has 35 heavy (non-hydrogen) atoms. The number of thioether (sulfide) groups is 1.